The summed E-state index contributed by atoms with van der Waals surface area (Å²) in [6, 6.07) is 24.7. The molecule has 3 amide bonds. The van der Waals surface area contributed by atoms with E-state index in [4.69, 9.17) is 4.98 Å². The highest BCUT2D eigenvalue weighted by molar-refractivity contribution is 5.96. The van der Waals surface area contributed by atoms with Gasteiger partial charge < -0.3 is 14.7 Å². The Hall–Kier alpha value is -3.71. The first-order valence-corrected chi connectivity index (χ1v) is 14.9. The molecule has 3 saturated heterocycles. The van der Waals surface area contributed by atoms with Crippen LogP contribution in [0.15, 0.2) is 72.8 Å². The van der Waals surface area contributed by atoms with Crippen molar-refractivity contribution in [3.63, 3.8) is 0 Å². The van der Waals surface area contributed by atoms with Gasteiger partial charge in [-0.3, -0.25) is 9.69 Å². The summed E-state index contributed by atoms with van der Waals surface area (Å²) in [5.74, 6) is 0.0679. The maximum absolute atomic E-state index is 13.7. The van der Waals surface area contributed by atoms with E-state index in [1.165, 1.54) is 6.42 Å². The van der Waals surface area contributed by atoms with Gasteiger partial charge in [0.05, 0.1) is 11.4 Å². The first-order chi connectivity index (χ1) is 19.7. The molecule has 40 heavy (non-hydrogen) atoms. The summed E-state index contributed by atoms with van der Waals surface area (Å²) >= 11 is 0. The van der Waals surface area contributed by atoms with Crippen LogP contribution in [-0.2, 0) is 0 Å². The van der Waals surface area contributed by atoms with Gasteiger partial charge in [-0.2, -0.15) is 0 Å². The fourth-order valence-corrected chi connectivity index (χ4v) is 6.35. The second kappa shape index (κ2) is 12.2. The molecule has 0 atom stereocenters. The van der Waals surface area contributed by atoms with Crippen LogP contribution in [0.2, 0.25) is 0 Å². The number of amides is 3. The minimum absolute atomic E-state index is 0.0679. The van der Waals surface area contributed by atoms with Crippen molar-refractivity contribution >= 4 is 11.9 Å². The van der Waals surface area contributed by atoms with E-state index in [9.17, 15) is 9.59 Å². The molecule has 0 bridgehead atoms. The van der Waals surface area contributed by atoms with Crippen LogP contribution in [0.1, 0.15) is 42.5 Å². The molecule has 0 unspecified atom stereocenters. The Morgan fingerprint density at radius 2 is 1.12 bits per heavy atom. The molecule has 7 nitrogen and oxygen atoms in total. The van der Waals surface area contributed by atoms with Gasteiger partial charge >= 0.3 is 6.03 Å². The second-order valence-corrected chi connectivity index (χ2v) is 11.2. The molecule has 6 rings (SSSR count). The summed E-state index contributed by atoms with van der Waals surface area (Å²) in [4.78, 5) is 40.2. The van der Waals surface area contributed by atoms with Crippen molar-refractivity contribution in [1.29, 1.82) is 0 Å². The van der Waals surface area contributed by atoms with Crippen molar-refractivity contribution in [3.8, 4) is 22.5 Å². The number of benzene rings is 2. The Morgan fingerprint density at radius 1 is 0.600 bits per heavy atom. The molecule has 4 heterocycles. The van der Waals surface area contributed by atoms with E-state index in [0.29, 0.717) is 11.6 Å². The van der Waals surface area contributed by atoms with Gasteiger partial charge in [-0.15, -0.1) is 0 Å². The normalized spacial score (nSPS) is 19.1. The summed E-state index contributed by atoms with van der Waals surface area (Å²) in [5.41, 5.74) is 4.32. The molecule has 3 aliphatic rings. The molecule has 1 aromatic heterocycles. The molecule has 0 N–H and O–H groups in total. The largest absolute Gasteiger partial charge is 0.336 e. The molecule has 0 spiro atoms. The van der Waals surface area contributed by atoms with Gasteiger partial charge in [0.1, 0.15) is 0 Å². The average Bonchev–Trinajstić information content (AvgIpc) is 3.05. The molecule has 0 aliphatic carbocycles. The number of piperidine rings is 2. The zero-order valence-electron chi connectivity index (χ0n) is 23.3. The van der Waals surface area contributed by atoms with Gasteiger partial charge in [-0.25, -0.2) is 9.78 Å². The summed E-state index contributed by atoms with van der Waals surface area (Å²) in [5, 5.41) is 0. The molecule has 208 valence electrons. The van der Waals surface area contributed by atoms with Crippen LogP contribution in [0, 0.1) is 0 Å². The predicted octanol–water partition coefficient (Wildman–Crippen LogP) is 5.24. The lowest BCUT2D eigenvalue weighted by Crippen LogP contribution is -2.56. The lowest BCUT2D eigenvalue weighted by molar-refractivity contribution is 0.0457. The van der Waals surface area contributed by atoms with Gasteiger partial charge in [0.2, 0.25) is 0 Å². The lowest BCUT2D eigenvalue weighted by atomic mass is 10.0. The summed E-state index contributed by atoms with van der Waals surface area (Å²) < 4.78 is 0. The highest BCUT2D eigenvalue weighted by atomic mass is 16.2. The Morgan fingerprint density at radius 3 is 1.68 bits per heavy atom. The maximum atomic E-state index is 13.7. The van der Waals surface area contributed by atoms with E-state index < -0.39 is 0 Å². The number of piperazine rings is 1. The van der Waals surface area contributed by atoms with Crippen LogP contribution in [0.3, 0.4) is 0 Å². The predicted molar refractivity (Wildman–Crippen MR) is 158 cm³/mol. The van der Waals surface area contributed by atoms with Crippen LogP contribution < -0.4 is 0 Å². The molecule has 7 heteroatoms. The third-order valence-corrected chi connectivity index (χ3v) is 8.69. The quantitative estimate of drug-likeness (QED) is 0.457. The molecular formula is C33H39N5O2. The highest BCUT2D eigenvalue weighted by Gasteiger charge is 2.32. The maximum Gasteiger partial charge on any atom is 0.319 e. The van der Waals surface area contributed by atoms with Gasteiger partial charge in [-0.1, -0.05) is 60.7 Å². The number of aromatic nitrogens is 1. The number of carbonyl (C=O) groups excluding carboxylic acids is 2. The highest BCUT2D eigenvalue weighted by Crippen LogP contribution is 2.26. The number of urea groups is 1. The lowest BCUT2D eigenvalue weighted by Gasteiger charge is -2.43. The van der Waals surface area contributed by atoms with E-state index >= 15 is 0 Å². The van der Waals surface area contributed by atoms with Crippen molar-refractivity contribution in [2.45, 2.75) is 38.1 Å². The Bertz CT molecular complexity index is 1240. The number of rotatable bonds is 4. The SMILES string of the molecule is O=C(c1cc(-c2ccccc2)nc(-c2ccccc2)c1)N1CCN(C2CCN(C(=O)N3CCCCC3)CC2)CC1. The van der Waals surface area contributed by atoms with Gasteiger partial charge in [-0.05, 0) is 44.2 Å². The summed E-state index contributed by atoms with van der Waals surface area (Å²) in [7, 11) is 0. The minimum atomic E-state index is 0.0679. The number of hydrogen-bond donors (Lipinski definition) is 0. The van der Waals surface area contributed by atoms with Gasteiger partial charge in [0, 0.05) is 75.1 Å². The molecule has 0 saturated carbocycles. The van der Waals surface area contributed by atoms with E-state index in [1.807, 2.05) is 82.6 Å². The average molecular weight is 538 g/mol. The minimum Gasteiger partial charge on any atom is -0.336 e. The Kier molecular flexibility index (Phi) is 8.09. The molecule has 0 radical (unpaired) electrons. The van der Waals surface area contributed by atoms with Crippen LogP contribution >= 0.6 is 0 Å². The number of carbonyl (C=O) groups is 2. The second-order valence-electron chi connectivity index (χ2n) is 11.2. The molecule has 3 aromatic rings. The van der Waals surface area contributed by atoms with Crippen molar-refractivity contribution in [2.24, 2.45) is 0 Å². The molecular weight excluding hydrogens is 498 g/mol. The smallest absolute Gasteiger partial charge is 0.319 e. The number of likely N-dealkylation sites (tertiary alicyclic amines) is 2. The Labute approximate surface area is 237 Å². The van der Waals surface area contributed by atoms with Crippen molar-refractivity contribution in [1.82, 2.24) is 24.6 Å². The zero-order chi connectivity index (χ0) is 27.3. The third kappa shape index (κ3) is 5.89. The summed E-state index contributed by atoms with van der Waals surface area (Å²) in [6.07, 6.45) is 5.53. The van der Waals surface area contributed by atoms with Crippen LogP contribution in [0.5, 0.6) is 0 Å². The van der Waals surface area contributed by atoms with Crippen LogP contribution in [0.25, 0.3) is 22.5 Å². The topological polar surface area (TPSA) is 60.0 Å². The van der Waals surface area contributed by atoms with Crippen molar-refractivity contribution < 1.29 is 9.59 Å². The van der Waals surface area contributed by atoms with Crippen molar-refractivity contribution in [2.75, 3.05) is 52.4 Å². The Balaban J connectivity index is 1.09. The number of nitrogens with zero attached hydrogens (tertiary/aromatic N) is 5. The van der Waals surface area contributed by atoms with E-state index in [0.717, 1.165) is 101 Å². The number of pyridine rings is 1. The van der Waals surface area contributed by atoms with Gasteiger partial charge in [0.25, 0.3) is 5.91 Å². The molecule has 2 aromatic carbocycles. The molecule has 3 aliphatic heterocycles. The molecule has 3 fully saturated rings. The fourth-order valence-electron chi connectivity index (χ4n) is 6.35. The first-order valence-electron chi connectivity index (χ1n) is 14.9. The standard InChI is InChI=1S/C33H39N5O2/c39-32(28-24-30(26-10-4-1-5-11-26)34-31(25-28)27-12-6-2-7-13-27)36-22-20-35(21-23-36)29-14-18-38(19-15-29)33(40)37-16-8-3-9-17-37/h1-2,4-7,10-13,24-25,29H,3,8-9,14-23H2. The van der Waals surface area contributed by atoms with E-state index in [-0.39, 0.29) is 11.9 Å². The van der Waals surface area contributed by atoms with Gasteiger partial charge in [0.15, 0.2) is 0 Å². The van der Waals surface area contributed by atoms with Crippen LogP contribution in [-0.4, -0.2) is 94.9 Å². The fraction of sp³-hybridized carbons (Fsp3) is 0.424. The third-order valence-electron chi connectivity index (χ3n) is 8.69. The van der Waals surface area contributed by atoms with E-state index in [2.05, 4.69) is 9.80 Å². The first kappa shape index (κ1) is 26.5. The van der Waals surface area contributed by atoms with Crippen molar-refractivity contribution in [3.05, 3.63) is 78.4 Å². The van der Waals surface area contributed by atoms with Crippen LogP contribution in [0.4, 0.5) is 4.79 Å². The monoisotopic (exact) mass is 537 g/mol. The van der Waals surface area contributed by atoms with E-state index in [1.54, 1.807) is 0 Å². The zero-order valence-corrected chi connectivity index (χ0v) is 23.3. The number of hydrogen-bond acceptors (Lipinski definition) is 4. The summed E-state index contributed by atoms with van der Waals surface area (Å²) in [6.45, 7) is 6.67.